The third-order valence-corrected chi connectivity index (χ3v) is 4.10. The van der Waals surface area contributed by atoms with Gasteiger partial charge in [-0.3, -0.25) is 0 Å². The smallest absolute Gasteiger partial charge is 0.410 e. The van der Waals surface area contributed by atoms with E-state index in [1.807, 2.05) is 27.8 Å². The predicted octanol–water partition coefficient (Wildman–Crippen LogP) is 3.29. The number of hydrogen-bond donors (Lipinski definition) is 0. The molecule has 0 heterocycles. The van der Waals surface area contributed by atoms with Gasteiger partial charge in [0.15, 0.2) is 0 Å². The lowest BCUT2D eigenvalue weighted by Gasteiger charge is -2.29. The van der Waals surface area contributed by atoms with E-state index in [0.29, 0.717) is 5.92 Å². The number of ether oxygens (including phenoxy) is 1. The highest BCUT2D eigenvalue weighted by molar-refractivity contribution is 5.67. The molecule has 3 nitrogen and oxygen atoms in total. The molecule has 17 heavy (non-hydrogen) atoms. The van der Waals surface area contributed by atoms with Crippen LogP contribution in [0.25, 0.3) is 0 Å². The quantitative estimate of drug-likeness (QED) is 0.740. The molecule has 0 saturated heterocycles. The van der Waals surface area contributed by atoms with Gasteiger partial charge >= 0.3 is 6.09 Å². The van der Waals surface area contributed by atoms with Gasteiger partial charge in [0.05, 0.1) is 0 Å². The number of hydrogen-bond acceptors (Lipinski definition) is 2. The fraction of sp³-hybridized carbons (Fsp3) is 0.929. The fourth-order valence-electron chi connectivity index (χ4n) is 3.37. The van der Waals surface area contributed by atoms with Crippen LogP contribution in [0.1, 0.15) is 46.5 Å². The second kappa shape index (κ2) is 4.51. The van der Waals surface area contributed by atoms with E-state index in [9.17, 15) is 4.79 Å². The third kappa shape index (κ3) is 3.14. The van der Waals surface area contributed by atoms with Crippen LogP contribution in [0.15, 0.2) is 0 Å². The van der Waals surface area contributed by atoms with Crippen LogP contribution in [0.5, 0.6) is 0 Å². The van der Waals surface area contributed by atoms with Crippen LogP contribution in [0.3, 0.4) is 0 Å². The second-order valence-electron chi connectivity index (χ2n) is 6.80. The predicted molar refractivity (Wildman–Crippen MR) is 67.8 cm³/mol. The highest BCUT2D eigenvalue weighted by Gasteiger charge is 2.40. The molecule has 2 saturated carbocycles. The van der Waals surface area contributed by atoms with Crippen LogP contribution >= 0.6 is 0 Å². The lowest BCUT2D eigenvalue weighted by atomic mass is 9.88. The van der Waals surface area contributed by atoms with E-state index >= 15 is 0 Å². The Morgan fingerprint density at radius 3 is 2.47 bits per heavy atom. The summed E-state index contributed by atoms with van der Waals surface area (Å²) in [7, 11) is 1.86. The minimum absolute atomic E-state index is 0.180. The van der Waals surface area contributed by atoms with E-state index in [2.05, 4.69) is 0 Å². The lowest BCUT2D eigenvalue weighted by molar-refractivity contribution is 0.0257. The van der Waals surface area contributed by atoms with Gasteiger partial charge in [0.1, 0.15) is 5.60 Å². The maximum atomic E-state index is 11.9. The molecule has 2 aliphatic carbocycles. The van der Waals surface area contributed by atoms with Crippen molar-refractivity contribution in [3.8, 4) is 0 Å². The van der Waals surface area contributed by atoms with Crippen molar-refractivity contribution in [3.05, 3.63) is 0 Å². The third-order valence-electron chi connectivity index (χ3n) is 4.10. The van der Waals surface area contributed by atoms with Crippen LogP contribution < -0.4 is 0 Å². The zero-order chi connectivity index (χ0) is 12.6. The molecule has 0 spiro atoms. The molecule has 0 N–H and O–H groups in total. The molecule has 0 aliphatic heterocycles. The van der Waals surface area contributed by atoms with Crippen molar-refractivity contribution in [2.24, 2.45) is 17.8 Å². The van der Waals surface area contributed by atoms with Crippen LogP contribution in [-0.4, -0.2) is 30.2 Å². The minimum Gasteiger partial charge on any atom is -0.444 e. The largest absolute Gasteiger partial charge is 0.444 e. The van der Waals surface area contributed by atoms with Gasteiger partial charge in [-0.2, -0.15) is 0 Å². The molecule has 1 amide bonds. The number of carbonyl (C=O) groups is 1. The Balaban J connectivity index is 1.81. The van der Waals surface area contributed by atoms with E-state index in [1.54, 1.807) is 4.90 Å². The first-order valence-corrected chi connectivity index (χ1v) is 6.79. The van der Waals surface area contributed by atoms with Gasteiger partial charge in [-0.15, -0.1) is 0 Å². The van der Waals surface area contributed by atoms with Gasteiger partial charge in [-0.25, -0.2) is 4.79 Å². The molecule has 0 aromatic carbocycles. The van der Waals surface area contributed by atoms with Crippen molar-refractivity contribution in [1.82, 2.24) is 4.90 Å². The van der Waals surface area contributed by atoms with E-state index < -0.39 is 0 Å². The summed E-state index contributed by atoms with van der Waals surface area (Å²) >= 11 is 0. The Bertz CT molecular complexity index is 295. The summed E-state index contributed by atoms with van der Waals surface area (Å²) in [5.74, 6) is 2.52. The highest BCUT2D eigenvalue weighted by atomic mass is 16.6. The normalized spacial score (nSPS) is 31.6. The Morgan fingerprint density at radius 1 is 1.29 bits per heavy atom. The summed E-state index contributed by atoms with van der Waals surface area (Å²) in [6.45, 7) is 6.61. The molecule has 2 bridgehead atoms. The van der Waals surface area contributed by atoms with Gasteiger partial charge < -0.3 is 9.64 Å². The molecule has 0 radical (unpaired) electrons. The molecular weight excluding hydrogens is 214 g/mol. The van der Waals surface area contributed by atoms with Crippen molar-refractivity contribution in [2.75, 3.05) is 13.6 Å². The summed E-state index contributed by atoms with van der Waals surface area (Å²) in [5, 5.41) is 0. The number of amides is 1. The van der Waals surface area contributed by atoms with Gasteiger partial charge in [0.2, 0.25) is 0 Å². The molecule has 0 aromatic rings. The van der Waals surface area contributed by atoms with E-state index in [0.717, 1.165) is 18.4 Å². The lowest BCUT2D eigenvalue weighted by Crippen LogP contribution is -2.38. The summed E-state index contributed by atoms with van der Waals surface area (Å²) in [6.07, 6.45) is 5.32. The standard InChI is InChI=1S/C14H25NO2/c1-14(2,3)17-13(16)15(4)9-12-8-10-5-6-11(12)7-10/h10-12H,5-9H2,1-4H3/t10-,11+,12-/m1/s1. The van der Waals surface area contributed by atoms with Crippen molar-refractivity contribution >= 4 is 6.09 Å². The van der Waals surface area contributed by atoms with Crippen molar-refractivity contribution in [1.29, 1.82) is 0 Å². The molecule has 2 fully saturated rings. The summed E-state index contributed by atoms with van der Waals surface area (Å²) in [5.41, 5.74) is -0.389. The van der Waals surface area contributed by atoms with Crippen LogP contribution in [0.4, 0.5) is 4.79 Å². The SMILES string of the molecule is CN(C[C@H]1C[C@@H]2CC[C@H]1C2)C(=O)OC(C)(C)C. The van der Waals surface area contributed by atoms with Crippen molar-refractivity contribution < 1.29 is 9.53 Å². The molecule has 0 unspecified atom stereocenters. The molecule has 3 heteroatoms. The average molecular weight is 239 g/mol. The second-order valence-corrected chi connectivity index (χ2v) is 6.80. The summed E-state index contributed by atoms with van der Waals surface area (Å²) in [4.78, 5) is 13.6. The molecule has 2 rings (SSSR count). The van der Waals surface area contributed by atoms with Crippen molar-refractivity contribution in [3.63, 3.8) is 0 Å². The van der Waals surface area contributed by atoms with E-state index in [4.69, 9.17) is 4.74 Å². The number of nitrogens with zero attached hydrogens (tertiary/aromatic N) is 1. The first kappa shape index (κ1) is 12.7. The monoisotopic (exact) mass is 239 g/mol. The van der Waals surface area contributed by atoms with Crippen LogP contribution in [0, 0.1) is 17.8 Å². The van der Waals surface area contributed by atoms with Crippen LogP contribution in [-0.2, 0) is 4.74 Å². The van der Waals surface area contributed by atoms with Gasteiger partial charge in [-0.1, -0.05) is 6.42 Å². The van der Waals surface area contributed by atoms with Crippen molar-refractivity contribution in [2.45, 2.75) is 52.1 Å². The van der Waals surface area contributed by atoms with Gasteiger partial charge in [0, 0.05) is 13.6 Å². The van der Waals surface area contributed by atoms with E-state index in [1.165, 1.54) is 25.7 Å². The van der Waals surface area contributed by atoms with Crippen LogP contribution in [0.2, 0.25) is 0 Å². The van der Waals surface area contributed by atoms with E-state index in [-0.39, 0.29) is 11.7 Å². The topological polar surface area (TPSA) is 29.5 Å². The number of rotatable bonds is 2. The summed E-state index contributed by atoms with van der Waals surface area (Å²) in [6, 6.07) is 0. The molecule has 2 aliphatic rings. The Labute approximate surface area is 105 Å². The zero-order valence-corrected chi connectivity index (χ0v) is 11.5. The maximum Gasteiger partial charge on any atom is 0.410 e. The highest BCUT2D eigenvalue weighted by Crippen LogP contribution is 2.48. The molecule has 0 aromatic heterocycles. The van der Waals surface area contributed by atoms with Gasteiger partial charge in [0.25, 0.3) is 0 Å². The number of fused-ring (bicyclic) bond motifs is 2. The first-order chi connectivity index (χ1) is 7.85. The zero-order valence-electron chi connectivity index (χ0n) is 11.5. The maximum absolute atomic E-state index is 11.9. The Morgan fingerprint density at radius 2 is 2.00 bits per heavy atom. The fourth-order valence-corrected chi connectivity index (χ4v) is 3.37. The molecule has 3 atom stereocenters. The first-order valence-electron chi connectivity index (χ1n) is 6.79. The molecular formula is C14H25NO2. The average Bonchev–Trinajstić information content (AvgIpc) is 2.76. The number of carbonyl (C=O) groups excluding carboxylic acids is 1. The minimum atomic E-state index is -0.389. The Kier molecular flexibility index (Phi) is 3.37. The summed E-state index contributed by atoms with van der Waals surface area (Å²) < 4.78 is 5.38. The molecule has 98 valence electrons. The Hall–Kier alpha value is -0.730. The van der Waals surface area contributed by atoms with Gasteiger partial charge in [-0.05, 0) is 57.8 Å².